The van der Waals surface area contributed by atoms with Gasteiger partial charge in [-0.05, 0) is 71.3 Å². The van der Waals surface area contributed by atoms with E-state index < -0.39 is 8.32 Å². The Hall–Kier alpha value is -1.89. The van der Waals surface area contributed by atoms with Crippen molar-refractivity contribution in [1.82, 2.24) is 0 Å². The lowest BCUT2D eigenvalue weighted by Gasteiger charge is -2.42. The Morgan fingerprint density at radius 3 is 2.32 bits per heavy atom. The molecule has 2 fully saturated rings. The molecule has 206 valence electrons. The van der Waals surface area contributed by atoms with Crippen molar-refractivity contribution in [2.24, 2.45) is 29.1 Å². The summed E-state index contributed by atoms with van der Waals surface area (Å²) in [6.45, 7) is 21.4. The van der Waals surface area contributed by atoms with E-state index in [1.54, 1.807) is 7.11 Å². The molecule has 0 spiro atoms. The van der Waals surface area contributed by atoms with Crippen molar-refractivity contribution in [3.8, 4) is 5.75 Å². The van der Waals surface area contributed by atoms with Gasteiger partial charge in [0.25, 0.3) is 0 Å². The molecule has 0 radical (unpaired) electrons. The fourth-order valence-corrected chi connectivity index (χ4v) is 7.22. The SMILES string of the molecule is C=C[C@H]1C[C@@H](O[Si](C)(C)C(C)(C)C)[C@@H]2[C@H]([C@@H]1/C=C(\CCOCc1ccc(OC)cc1)C(=O)OC)C2(C)C. The largest absolute Gasteiger partial charge is 0.497 e. The Labute approximate surface area is 225 Å². The molecular formula is C31H48O5Si. The molecule has 5 atom stereocenters. The minimum absolute atomic E-state index is 0.165. The first-order valence-electron chi connectivity index (χ1n) is 13.6. The predicted octanol–water partition coefficient (Wildman–Crippen LogP) is 7.19. The summed E-state index contributed by atoms with van der Waals surface area (Å²) in [5, 5.41) is 0.172. The highest BCUT2D eigenvalue weighted by molar-refractivity contribution is 6.74. The van der Waals surface area contributed by atoms with Gasteiger partial charge in [0, 0.05) is 18.1 Å². The lowest BCUT2D eigenvalue weighted by Crippen LogP contribution is -2.46. The highest BCUT2D eigenvalue weighted by Crippen LogP contribution is 2.69. The van der Waals surface area contributed by atoms with E-state index in [1.807, 2.05) is 24.3 Å². The second-order valence-corrected chi connectivity index (χ2v) is 17.6. The molecule has 0 heterocycles. The van der Waals surface area contributed by atoms with Crippen LogP contribution in [0.2, 0.25) is 18.1 Å². The van der Waals surface area contributed by atoms with Crippen LogP contribution in [0.15, 0.2) is 48.6 Å². The number of hydrogen-bond acceptors (Lipinski definition) is 5. The standard InChI is InChI=1S/C31H48O5Si/c1-11-22-19-26(36-37(9,10)30(2,3)4)28-27(31(28,5)6)25(22)18-23(29(32)34-8)16-17-35-20-21-12-14-24(33-7)15-13-21/h11-15,18,22,25-28H,1,16-17,19-20H2,2-10H3/b23-18+/t22-,25+,26+,27-,28+/m0/s1. The third-order valence-corrected chi connectivity index (χ3v) is 13.7. The van der Waals surface area contributed by atoms with Crippen LogP contribution in [0.4, 0.5) is 0 Å². The van der Waals surface area contributed by atoms with Gasteiger partial charge >= 0.3 is 5.97 Å². The number of carbonyl (C=O) groups excluding carboxylic acids is 1. The number of methoxy groups -OCH3 is 2. The van der Waals surface area contributed by atoms with Crippen LogP contribution in [-0.2, 0) is 25.3 Å². The molecule has 0 unspecified atom stereocenters. The number of fused-ring (bicyclic) bond motifs is 1. The van der Waals surface area contributed by atoms with Crippen LogP contribution >= 0.6 is 0 Å². The number of hydrogen-bond donors (Lipinski definition) is 0. The number of carbonyl (C=O) groups is 1. The fraction of sp³-hybridized carbons (Fsp3) is 0.645. The summed E-state index contributed by atoms with van der Waals surface area (Å²) in [6.07, 6.45) is 5.95. The Kier molecular flexibility index (Phi) is 9.19. The minimum Gasteiger partial charge on any atom is -0.497 e. The van der Waals surface area contributed by atoms with Gasteiger partial charge in [-0.2, -0.15) is 0 Å². The third kappa shape index (κ3) is 6.58. The van der Waals surface area contributed by atoms with E-state index in [9.17, 15) is 4.79 Å². The van der Waals surface area contributed by atoms with Gasteiger partial charge in [0.15, 0.2) is 8.32 Å². The van der Waals surface area contributed by atoms with Gasteiger partial charge in [-0.15, -0.1) is 6.58 Å². The van der Waals surface area contributed by atoms with Gasteiger partial charge in [-0.25, -0.2) is 4.79 Å². The molecule has 5 nitrogen and oxygen atoms in total. The number of esters is 1. The van der Waals surface area contributed by atoms with E-state index in [2.05, 4.69) is 66.4 Å². The zero-order valence-electron chi connectivity index (χ0n) is 24.4. The van der Waals surface area contributed by atoms with Crippen LogP contribution in [0, 0.1) is 29.1 Å². The smallest absolute Gasteiger partial charge is 0.333 e. The molecule has 0 aromatic heterocycles. The molecule has 0 amide bonds. The van der Waals surface area contributed by atoms with Gasteiger partial charge in [0.1, 0.15) is 5.75 Å². The van der Waals surface area contributed by atoms with Crippen LogP contribution in [0.1, 0.15) is 53.0 Å². The van der Waals surface area contributed by atoms with E-state index in [1.165, 1.54) is 7.11 Å². The van der Waals surface area contributed by atoms with Crippen LogP contribution < -0.4 is 4.74 Å². The van der Waals surface area contributed by atoms with Crippen molar-refractivity contribution in [3.63, 3.8) is 0 Å². The first-order chi connectivity index (χ1) is 17.3. The summed E-state index contributed by atoms with van der Waals surface area (Å²) in [4.78, 5) is 12.8. The molecule has 0 saturated heterocycles. The molecule has 3 rings (SSSR count). The number of allylic oxidation sites excluding steroid dienone is 2. The Bertz CT molecular complexity index is 972. The third-order valence-electron chi connectivity index (χ3n) is 9.15. The number of benzene rings is 1. The molecule has 37 heavy (non-hydrogen) atoms. The van der Waals surface area contributed by atoms with Crippen LogP contribution in [0.3, 0.4) is 0 Å². The Morgan fingerprint density at radius 1 is 1.14 bits per heavy atom. The summed E-state index contributed by atoms with van der Waals surface area (Å²) in [5.41, 5.74) is 1.93. The van der Waals surface area contributed by atoms with Gasteiger partial charge < -0.3 is 18.6 Å². The highest BCUT2D eigenvalue weighted by Gasteiger charge is 2.67. The number of rotatable bonds is 11. The Morgan fingerprint density at radius 2 is 1.78 bits per heavy atom. The van der Waals surface area contributed by atoms with Crippen LogP contribution in [0.25, 0.3) is 0 Å². The summed E-state index contributed by atoms with van der Waals surface area (Å²) < 4.78 is 23.3. The first kappa shape index (κ1) is 29.7. The van der Waals surface area contributed by atoms with E-state index in [4.69, 9.17) is 18.6 Å². The van der Waals surface area contributed by atoms with Gasteiger partial charge in [-0.3, -0.25) is 0 Å². The van der Waals surface area contributed by atoms with E-state index in [0.717, 1.165) is 17.7 Å². The minimum atomic E-state index is -1.89. The molecule has 0 aliphatic heterocycles. The molecule has 0 N–H and O–H groups in total. The molecule has 2 saturated carbocycles. The molecule has 2 aliphatic rings. The van der Waals surface area contributed by atoms with E-state index in [0.29, 0.717) is 37.0 Å². The molecule has 6 heteroatoms. The molecule has 1 aromatic rings. The van der Waals surface area contributed by atoms with Crippen molar-refractivity contribution < 1.29 is 23.4 Å². The predicted molar refractivity (Wildman–Crippen MR) is 152 cm³/mol. The maximum Gasteiger partial charge on any atom is 0.333 e. The monoisotopic (exact) mass is 528 g/mol. The summed E-state index contributed by atoms with van der Waals surface area (Å²) in [5.74, 6) is 2.00. The van der Waals surface area contributed by atoms with Crippen molar-refractivity contribution in [3.05, 3.63) is 54.1 Å². The topological polar surface area (TPSA) is 54.0 Å². The van der Waals surface area contributed by atoms with Crippen molar-refractivity contribution >= 4 is 14.3 Å². The number of ether oxygens (including phenoxy) is 3. The van der Waals surface area contributed by atoms with Crippen molar-refractivity contribution in [1.29, 1.82) is 0 Å². The van der Waals surface area contributed by atoms with Crippen LogP contribution in [-0.4, -0.2) is 41.2 Å². The second-order valence-electron chi connectivity index (χ2n) is 12.8. The van der Waals surface area contributed by atoms with Gasteiger partial charge in [-0.1, -0.05) is 58.9 Å². The lowest BCUT2D eigenvalue weighted by atomic mass is 9.76. The van der Waals surface area contributed by atoms with Crippen molar-refractivity contribution in [2.75, 3.05) is 20.8 Å². The maximum absolute atomic E-state index is 12.8. The summed E-state index contributed by atoms with van der Waals surface area (Å²) >= 11 is 0. The van der Waals surface area contributed by atoms with E-state index in [-0.39, 0.29) is 34.4 Å². The summed E-state index contributed by atoms with van der Waals surface area (Å²) in [7, 11) is 1.21. The molecular weight excluding hydrogens is 480 g/mol. The van der Waals surface area contributed by atoms with Crippen molar-refractivity contribution in [2.45, 2.75) is 78.3 Å². The Balaban J connectivity index is 1.72. The second kappa shape index (κ2) is 11.5. The maximum atomic E-state index is 12.8. The molecule has 1 aromatic carbocycles. The zero-order valence-corrected chi connectivity index (χ0v) is 25.4. The van der Waals surface area contributed by atoms with Gasteiger partial charge in [0.05, 0.1) is 27.4 Å². The average molecular weight is 529 g/mol. The average Bonchev–Trinajstić information content (AvgIpc) is 3.43. The van der Waals surface area contributed by atoms with Gasteiger partial charge in [0.2, 0.25) is 0 Å². The molecule has 0 bridgehead atoms. The quantitative estimate of drug-likeness (QED) is 0.100. The first-order valence-corrected chi connectivity index (χ1v) is 16.5. The zero-order chi connectivity index (χ0) is 27.6. The fourth-order valence-electron chi connectivity index (χ4n) is 5.87. The highest BCUT2D eigenvalue weighted by atomic mass is 28.4. The normalized spacial score (nSPS) is 27.3. The molecule has 2 aliphatic carbocycles. The van der Waals surface area contributed by atoms with E-state index >= 15 is 0 Å². The summed E-state index contributed by atoms with van der Waals surface area (Å²) in [6, 6.07) is 7.83. The van der Waals surface area contributed by atoms with Crippen LogP contribution in [0.5, 0.6) is 5.75 Å². The lowest BCUT2D eigenvalue weighted by molar-refractivity contribution is -0.136.